The van der Waals surface area contributed by atoms with E-state index in [1.165, 1.54) is 5.69 Å². The summed E-state index contributed by atoms with van der Waals surface area (Å²) in [6.07, 6.45) is 1.82. The molecule has 0 fully saturated rings. The second-order valence-electron chi connectivity index (χ2n) is 6.17. The molecule has 0 atom stereocenters. The van der Waals surface area contributed by atoms with Gasteiger partial charge < -0.3 is 4.90 Å². The molecule has 2 aromatic heterocycles. The molecule has 4 aromatic rings. The third kappa shape index (κ3) is 2.84. The fraction of sp³-hybridized carbons (Fsp3) is 0.182. The van der Waals surface area contributed by atoms with E-state index in [1.54, 1.807) is 0 Å². The fourth-order valence-corrected chi connectivity index (χ4v) is 3.34. The van der Waals surface area contributed by atoms with E-state index in [-0.39, 0.29) is 0 Å². The molecule has 0 aliphatic heterocycles. The molecule has 26 heavy (non-hydrogen) atoms. The molecule has 0 aliphatic carbocycles. The Balaban J connectivity index is 1.87. The lowest BCUT2D eigenvalue weighted by Crippen LogP contribution is -2.21. The maximum absolute atomic E-state index is 4.86. The summed E-state index contributed by atoms with van der Waals surface area (Å²) in [7, 11) is 0. The van der Waals surface area contributed by atoms with Crippen molar-refractivity contribution >= 4 is 16.9 Å². The first-order chi connectivity index (χ1) is 12.8. The third-order valence-electron chi connectivity index (χ3n) is 4.68. The number of para-hydroxylation sites is 1. The van der Waals surface area contributed by atoms with E-state index in [1.807, 2.05) is 36.5 Å². The molecule has 130 valence electrons. The molecular weight excluding hydrogens is 320 g/mol. The Labute approximate surface area is 153 Å². The zero-order valence-electron chi connectivity index (χ0n) is 15.1. The van der Waals surface area contributed by atoms with Crippen LogP contribution in [-0.2, 0) is 0 Å². The van der Waals surface area contributed by atoms with E-state index in [0.29, 0.717) is 0 Å². The van der Waals surface area contributed by atoms with E-state index in [2.05, 4.69) is 64.7 Å². The Hall–Kier alpha value is -3.14. The molecular formula is C22H22N4. The summed E-state index contributed by atoms with van der Waals surface area (Å²) in [4.78, 5) is 11.8. The predicted molar refractivity (Wildman–Crippen MR) is 108 cm³/mol. The topological polar surface area (TPSA) is 34.0 Å². The lowest BCUT2D eigenvalue weighted by molar-refractivity contribution is 0.866. The highest BCUT2D eigenvalue weighted by atomic mass is 15.1. The van der Waals surface area contributed by atoms with Crippen molar-refractivity contribution in [3.05, 3.63) is 72.9 Å². The van der Waals surface area contributed by atoms with E-state index >= 15 is 0 Å². The highest BCUT2D eigenvalue weighted by molar-refractivity contribution is 5.80. The van der Waals surface area contributed by atoms with Crippen molar-refractivity contribution in [2.24, 2.45) is 0 Å². The van der Waals surface area contributed by atoms with Crippen LogP contribution in [0.25, 0.3) is 28.2 Å². The van der Waals surface area contributed by atoms with Crippen LogP contribution >= 0.6 is 0 Å². The number of hydrogen-bond donors (Lipinski definition) is 0. The minimum absolute atomic E-state index is 0.876. The lowest BCUT2D eigenvalue weighted by Gasteiger charge is -2.21. The quantitative estimate of drug-likeness (QED) is 0.515. The minimum atomic E-state index is 0.876. The van der Waals surface area contributed by atoms with Gasteiger partial charge in [-0.25, -0.2) is 9.97 Å². The van der Waals surface area contributed by atoms with E-state index in [0.717, 1.165) is 41.3 Å². The summed E-state index contributed by atoms with van der Waals surface area (Å²) in [6.45, 7) is 6.36. The second kappa shape index (κ2) is 7.00. The summed E-state index contributed by atoms with van der Waals surface area (Å²) in [6, 6.07) is 22.8. The maximum Gasteiger partial charge on any atom is 0.164 e. The van der Waals surface area contributed by atoms with Gasteiger partial charge in [0.2, 0.25) is 0 Å². The lowest BCUT2D eigenvalue weighted by atomic mass is 10.1. The van der Waals surface area contributed by atoms with Gasteiger partial charge in [-0.2, -0.15) is 0 Å². The number of imidazole rings is 1. The summed E-state index contributed by atoms with van der Waals surface area (Å²) in [5, 5.41) is 0. The van der Waals surface area contributed by atoms with Crippen molar-refractivity contribution < 1.29 is 0 Å². The van der Waals surface area contributed by atoms with E-state index in [9.17, 15) is 0 Å². The molecule has 4 heteroatoms. The van der Waals surface area contributed by atoms with Crippen molar-refractivity contribution in [3.8, 4) is 17.1 Å². The molecule has 2 heterocycles. The van der Waals surface area contributed by atoms with Gasteiger partial charge in [0.1, 0.15) is 11.3 Å². The first kappa shape index (κ1) is 16.3. The molecule has 0 saturated carbocycles. The molecule has 0 radical (unpaired) electrons. The van der Waals surface area contributed by atoms with Crippen LogP contribution in [0.15, 0.2) is 72.9 Å². The standard InChI is InChI=1S/C22H22N4/c1-3-25(4-2)18-14-12-17(13-15-18)21-24-20-11-8-16-23-22(20)26(21)19-9-6-5-7-10-19/h5-16H,3-4H2,1-2H3. The van der Waals surface area contributed by atoms with Gasteiger partial charge in [-0.3, -0.25) is 4.57 Å². The maximum atomic E-state index is 4.86. The molecule has 2 aromatic carbocycles. The van der Waals surface area contributed by atoms with Gasteiger partial charge in [0.15, 0.2) is 5.65 Å². The van der Waals surface area contributed by atoms with Gasteiger partial charge in [-0.1, -0.05) is 18.2 Å². The van der Waals surface area contributed by atoms with Crippen molar-refractivity contribution in [3.63, 3.8) is 0 Å². The third-order valence-corrected chi connectivity index (χ3v) is 4.68. The molecule has 0 spiro atoms. The number of benzene rings is 2. The van der Waals surface area contributed by atoms with Gasteiger partial charge >= 0.3 is 0 Å². The molecule has 0 aliphatic rings. The largest absolute Gasteiger partial charge is 0.372 e. The van der Waals surface area contributed by atoms with Crippen LogP contribution in [0.2, 0.25) is 0 Å². The Morgan fingerprint density at radius 3 is 2.27 bits per heavy atom. The minimum Gasteiger partial charge on any atom is -0.372 e. The number of anilines is 1. The summed E-state index contributed by atoms with van der Waals surface area (Å²) < 4.78 is 2.13. The number of nitrogens with zero attached hydrogens (tertiary/aromatic N) is 4. The zero-order chi connectivity index (χ0) is 17.9. The molecule has 4 rings (SSSR count). The van der Waals surface area contributed by atoms with Crippen molar-refractivity contribution in [2.45, 2.75) is 13.8 Å². The van der Waals surface area contributed by atoms with Crippen LogP contribution < -0.4 is 4.90 Å². The average Bonchev–Trinajstić information content (AvgIpc) is 3.10. The van der Waals surface area contributed by atoms with Gasteiger partial charge in [0.25, 0.3) is 0 Å². The van der Waals surface area contributed by atoms with Crippen LogP contribution in [0.4, 0.5) is 5.69 Å². The summed E-state index contributed by atoms with van der Waals surface area (Å²) in [5.41, 5.74) is 5.17. The van der Waals surface area contributed by atoms with Crippen LogP contribution in [0.1, 0.15) is 13.8 Å². The SMILES string of the molecule is CCN(CC)c1ccc(-c2nc3cccnc3n2-c2ccccc2)cc1. The number of rotatable bonds is 5. The van der Waals surface area contributed by atoms with Crippen molar-refractivity contribution in [1.29, 1.82) is 0 Å². The Morgan fingerprint density at radius 1 is 0.846 bits per heavy atom. The fourth-order valence-electron chi connectivity index (χ4n) is 3.34. The predicted octanol–water partition coefficient (Wildman–Crippen LogP) is 4.93. The molecule has 0 unspecified atom stereocenters. The van der Waals surface area contributed by atoms with Crippen molar-refractivity contribution in [1.82, 2.24) is 14.5 Å². The Kier molecular flexibility index (Phi) is 4.40. The van der Waals surface area contributed by atoms with Gasteiger partial charge in [-0.15, -0.1) is 0 Å². The van der Waals surface area contributed by atoms with E-state index in [4.69, 9.17) is 4.98 Å². The smallest absolute Gasteiger partial charge is 0.164 e. The molecule has 0 saturated heterocycles. The number of aromatic nitrogens is 3. The zero-order valence-corrected chi connectivity index (χ0v) is 15.1. The number of pyridine rings is 1. The highest BCUT2D eigenvalue weighted by Crippen LogP contribution is 2.28. The molecule has 0 N–H and O–H groups in total. The normalized spacial score (nSPS) is 11.0. The first-order valence-corrected chi connectivity index (χ1v) is 9.06. The molecule has 4 nitrogen and oxygen atoms in total. The van der Waals surface area contributed by atoms with E-state index < -0.39 is 0 Å². The first-order valence-electron chi connectivity index (χ1n) is 9.06. The average molecular weight is 342 g/mol. The number of hydrogen-bond acceptors (Lipinski definition) is 3. The van der Waals surface area contributed by atoms with Gasteiger partial charge in [-0.05, 0) is 62.4 Å². The Morgan fingerprint density at radius 2 is 1.58 bits per heavy atom. The van der Waals surface area contributed by atoms with Crippen LogP contribution in [-0.4, -0.2) is 27.6 Å². The van der Waals surface area contributed by atoms with Crippen LogP contribution in [0.5, 0.6) is 0 Å². The van der Waals surface area contributed by atoms with Gasteiger partial charge in [0.05, 0.1) is 0 Å². The van der Waals surface area contributed by atoms with Crippen molar-refractivity contribution in [2.75, 3.05) is 18.0 Å². The van der Waals surface area contributed by atoms with Gasteiger partial charge in [0, 0.05) is 36.2 Å². The molecule has 0 amide bonds. The second-order valence-corrected chi connectivity index (χ2v) is 6.17. The summed E-state index contributed by atoms with van der Waals surface area (Å²) >= 11 is 0. The molecule has 0 bridgehead atoms. The van der Waals surface area contributed by atoms with Crippen LogP contribution in [0.3, 0.4) is 0 Å². The van der Waals surface area contributed by atoms with Crippen LogP contribution in [0, 0.1) is 0 Å². The Bertz CT molecular complexity index is 999. The highest BCUT2D eigenvalue weighted by Gasteiger charge is 2.15. The monoisotopic (exact) mass is 342 g/mol. The summed E-state index contributed by atoms with van der Waals surface area (Å²) in [5.74, 6) is 0.913. The number of fused-ring (bicyclic) bond motifs is 1.